The van der Waals surface area contributed by atoms with Gasteiger partial charge in [-0.15, -0.1) is 13.2 Å². The Morgan fingerprint density at radius 3 is 2.50 bits per heavy atom. The van der Waals surface area contributed by atoms with Gasteiger partial charge in [0.2, 0.25) is 5.88 Å². The Hall–Kier alpha value is -1.01. The molecule has 0 N–H and O–H groups in total. The lowest BCUT2D eigenvalue weighted by Crippen LogP contribution is -2.18. The highest BCUT2D eigenvalue weighted by Gasteiger charge is 2.28. The third kappa shape index (κ3) is 5.10. The maximum Gasteiger partial charge on any atom is 0.522 e. The van der Waals surface area contributed by atoms with E-state index in [1.165, 1.54) is 0 Å². The molecule has 0 aliphatic carbocycles. The summed E-state index contributed by atoms with van der Waals surface area (Å²) in [5, 5.41) is 0.271. The zero-order valence-corrected chi connectivity index (χ0v) is 10.7. The highest BCUT2D eigenvalue weighted by Crippen LogP contribution is 2.25. The van der Waals surface area contributed by atoms with Crippen LogP contribution in [-0.2, 0) is 4.74 Å². The Labute approximate surface area is 108 Å². The molecule has 1 rings (SSSR count). The van der Waals surface area contributed by atoms with Gasteiger partial charge in [0, 0.05) is 6.20 Å². The topological polar surface area (TPSA) is 31.4 Å². The molecule has 0 saturated carbocycles. The SMILES string of the molecule is CC(C)c1cnc(OCCOC(F)(F)F)c(Cl)c1. The quantitative estimate of drug-likeness (QED) is 0.771. The predicted octanol–water partition coefficient (Wildman–Crippen LogP) is 3.77. The molecule has 7 heteroatoms. The summed E-state index contributed by atoms with van der Waals surface area (Å²) in [4.78, 5) is 3.94. The van der Waals surface area contributed by atoms with Crippen LogP contribution in [0.2, 0.25) is 5.02 Å². The average molecular weight is 284 g/mol. The largest absolute Gasteiger partial charge is 0.522 e. The number of halogens is 4. The number of alkyl halides is 3. The van der Waals surface area contributed by atoms with Crippen LogP contribution < -0.4 is 4.74 Å². The molecule has 0 radical (unpaired) electrons. The van der Waals surface area contributed by atoms with Gasteiger partial charge in [-0.25, -0.2) is 4.98 Å². The lowest BCUT2D eigenvalue weighted by atomic mass is 10.1. The fraction of sp³-hybridized carbons (Fsp3) is 0.545. The van der Waals surface area contributed by atoms with Crippen LogP contribution in [0.1, 0.15) is 25.3 Å². The van der Waals surface area contributed by atoms with Gasteiger partial charge in [-0.2, -0.15) is 0 Å². The summed E-state index contributed by atoms with van der Waals surface area (Å²) < 4.78 is 43.6. The Morgan fingerprint density at radius 2 is 2.00 bits per heavy atom. The predicted molar refractivity (Wildman–Crippen MR) is 60.8 cm³/mol. The van der Waals surface area contributed by atoms with E-state index in [0.29, 0.717) is 0 Å². The molecular weight excluding hydrogens is 271 g/mol. The van der Waals surface area contributed by atoms with E-state index >= 15 is 0 Å². The molecule has 0 spiro atoms. The maximum absolute atomic E-state index is 11.7. The van der Waals surface area contributed by atoms with Gasteiger partial charge in [0.1, 0.15) is 11.6 Å². The second-order valence-corrected chi connectivity index (χ2v) is 4.26. The van der Waals surface area contributed by atoms with Gasteiger partial charge < -0.3 is 4.74 Å². The van der Waals surface area contributed by atoms with E-state index in [9.17, 15) is 13.2 Å². The highest BCUT2D eigenvalue weighted by molar-refractivity contribution is 6.31. The van der Waals surface area contributed by atoms with E-state index in [-0.39, 0.29) is 23.4 Å². The smallest absolute Gasteiger partial charge is 0.474 e. The second-order valence-electron chi connectivity index (χ2n) is 3.85. The molecule has 0 aliphatic heterocycles. The van der Waals surface area contributed by atoms with Crippen molar-refractivity contribution in [2.45, 2.75) is 26.1 Å². The van der Waals surface area contributed by atoms with Gasteiger partial charge in [-0.3, -0.25) is 4.74 Å². The Kier molecular flexibility index (Phi) is 5.22. The van der Waals surface area contributed by atoms with Gasteiger partial charge in [-0.1, -0.05) is 25.4 Å². The van der Waals surface area contributed by atoms with Crippen molar-refractivity contribution in [2.75, 3.05) is 13.2 Å². The number of nitrogens with zero attached hydrogens (tertiary/aromatic N) is 1. The zero-order chi connectivity index (χ0) is 13.8. The van der Waals surface area contributed by atoms with Crippen LogP contribution in [0.15, 0.2) is 12.3 Å². The second kappa shape index (κ2) is 6.24. The maximum atomic E-state index is 11.7. The van der Waals surface area contributed by atoms with E-state index in [4.69, 9.17) is 16.3 Å². The summed E-state index contributed by atoms with van der Waals surface area (Å²) in [5.41, 5.74) is 0.930. The van der Waals surface area contributed by atoms with Crippen molar-refractivity contribution in [3.8, 4) is 5.88 Å². The monoisotopic (exact) mass is 283 g/mol. The van der Waals surface area contributed by atoms with Crippen LogP contribution in [0.5, 0.6) is 5.88 Å². The molecule has 102 valence electrons. The average Bonchev–Trinajstić information content (AvgIpc) is 2.24. The lowest BCUT2D eigenvalue weighted by molar-refractivity contribution is -0.325. The lowest BCUT2D eigenvalue weighted by Gasteiger charge is -2.11. The molecule has 0 atom stereocenters. The van der Waals surface area contributed by atoms with Crippen molar-refractivity contribution < 1.29 is 22.6 Å². The Morgan fingerprint density at radius 1 is 1.33 bits per heavy atom. The first-order valence-corrected chi connectivity index (χ1v) is 5.66. The van der Waals surface area contributed by atoms with Crippen molar-refractivity contribution in [3.05, 3.63) is 22.8 Å². The fourth-order valence-corrected chi connectivity index (χ4v) is 1.39. The van der Waals surface area contributed by atoms with Crippen LogP contribution >= 0.6 is 11.6 Å². The number of hydrogen-bond acceptors (Lipinski definition) is 3. The molecule has 3 nitrogen and oxygen atoms in total. The minimum atomic E-state index is -4.65. The molecule has 0 bridgehead atoms. The third-order valence-corrected chi connectivity index (χ3v) is 2.35. The first kappa shape index (κ1) is 15.0. The summed E-state index contributed by atoms with van der Waals surface area (Å²) in [6, 6.07) is 1.68. The van der Waals surface area contributed by atoms with Crippen LogP contribution in [0.3, 0.4) is 0 Å². The summed E-state index contributed by atoms with van der Waals surface area (Å²) in [6.07, 6.45) is -3.07. The van der Waals surface area contributed by atoms with Crippen molar-refractivity contribution >= 4 is 11.6 Å². The van der Waals surface area contributed by atoms with E-state index < -0.39 is 13.0 Å². The molecule has 0 aliphatic rings. The van der Waals surface area contributed by atoms with E-state index in [2.05, 4.69) is 9.72 Å². The fourth-order valence-electron chi connectivity index (χ4n) is 1.16. The molecular formula is C11H13ClF3NO2. The van der Waals surface area contributed by atoms with Gasteiger partial charge in [0.25, 0.3) is 0 Å². The normalized spacial score (nSPS) is 11.9. The molecule has 0 amide bonds. The van der Waals surface area contributed by atoms with Crippen molar-refractivity contribution in [3.63, 3.8) is 0 Å². The highest BCUT2D eigenvalue weighted by atomic mass is 35.5. The molecule has 18 heavy (non-hydrogen) atoms. The molecule has 1 aromatic rings. The number of ether oxygens (including phenoxy) is 2. The first-order valence-electron chi connectivity index (χ1n) is 5.28. The minimum Gasteiger partial charge on any atom is -0.474 e. The Balaban J connectivity index is 2.48. The van der Waals surface area contributed by atoms with E-state index in [1.54, 1.807) is 12.3 Å². The zero-order valence-electron chi connectivity index (χ0n) is 9.92. The van der Waals surface area contributed by atoms with Crippen molar-refractivity contribution in [1.82, 2.24) is 4.98 Å². The van der Waals surface area contributed by atoms with Gasteiger partial charge in [0.05, 0.1) is 6.61 Å². The van der Waals surface area contributed by atoms with Crippen LogP contribution in [-0.4, -0.2) is 24.6 Å². The minimum absolute atomic E-state index is 0.104. The molecule has 0 unspecified atom stereocenters. The van der Waals surface area contributed by atoms with E-state index in [0.717, 1.165) is 5.56 Å². The van der Waals surface area contributed by atoms with E-state index in [1.807, 2.05) is 13.8 Å². The summed E-state index contributed by atoms with van der Waals surface area (Å²) in [5.74, 6) is 0.365. The van der Waals surface area contributed by atoms with Gasteiger partial charge in [0.15, 0.2) is 0 Å². The van der Waals surface area contributed by atoms with Gasteiger partial charge in [-0.05, 0) is 17.5 Å². The molecule has 1 heterocycles. The Bertz CT molecular complexity index is 396. The molecule has 1 aromatic heterocycles. The van der Waals surface area contributed by atoms with Crippen LogP contribution in [0.25, 0.3) is 0 Å². The summed E-state index contributed by atoms with van der Waals surface area (Å²) >= 11 is 5.89. The third-order valence-electron chi connectivity index (χ3n) is 2.08. The number of pyridine rings is 1. The summed E-state index contributed by atoms with van der Waals surface area (Å²) in [6.45, 7) is 3.08. The van der Waals surface area contributed by atoms with Crippen LogP contribution in [0, 0.1) is 0 Å². The molecule has 0 aromatic carbocycles. The van der Waals surface area contributed by atoms with Crippen molar-refractivity contribution in [2.24, 2.45) is 0 Å². The molecule has 0 fully saturated rings. The standard InChI is InChI=1S/C11H13ClF3NO2/c1-7(2)8-5-9(12)10(16-6-8)17-3-4-18-11(13,14)15/h5-7H,3-4H2,1-2H3. The van der Waals surface area contributed by atoms with Crippen LogP contribution in [0.4, 0.5) is 13.2 Å². The molecule has 0 saturated heterocycles. The number of aromatic nitrogens is 1. The summed E-state index contributed by atoms with van der Waals surface area (Å²) in [7, 11) is 0. The first-order chi connectivity index (χ1) is 8.29. The van der Waals surface area contributed by atoms with Crippen molar-refractivity contribution in [1.29, 1.82) is 0 Å². The van der Waals surface area contributed by atoms with Gasteiger partial charge >= 0.3 is 6.36 Å². The number of hydrogen-bond donors (Lipinski definition) is 0. The number of rotatable bonds is 5.